The topological polar surface area (TPSA) is 55.2 Å². The molecule has 0 atom stereocenters. The van der Waals surface area contributed by atoms with Gasteiger partial charge in [-0.2, -0.15) is 0 Å². The van der Waals surface area contributed by atoms with Gasteiger partial charge < -0.3 is 5.32 Å². The van der Waals surface area contributed by atoms with E-state index in [1.807, 2.05) is 5.38 Å². The van der Waals surface area contributed by atoms with E-state index in [-0.39, 0.29) is 9.92 Å². The SMILES string of the molecule is CC(C)CCCNCc1csc([N+](=O)[O-])c1. The van der Waals surface area contributed by atoms with Gasteiger partial charge in [0, 0.05) is 18.0 Å². The maximum atomic E-state index is 10.5. The van der Waals surface area contributed by atoms with Crippen LogP contribution in [0.15, 0.2) is 11.4 Å². The third-order valence-corrected chi connectivity index (χ3v) is 3.21. The minimum absolute atomic E-state index is 0.221. The van der Waals surface area contributed by atoms with E-state index in [1.54, 1.807) is 6.07 Å². The summed E-state index contributed by atoms with van der Waals surface area (Å²) >= 11 is 1.19. The zero-order valence-corrected chi connectivity index (χ0v) is 10.5. The smallest absolute Gasteiger partial charge is 0.313 e. The zero-order valence-electron chi connectivity index (χ0n) is 9.73. The van der Waals surface area contributed by atoms with Gasteiger partial charge in [-0.15, -0.1) is 0 Å². The lowest BCUT2D eigenvalue weighted by atomic mass is 10.1. The highest BCUT2D eigenvalue weighted by Crippen LogP contribution is 2.22. The van der Waals surface area contributed by atoms with Gasteiger partial charge in [0.2, 0.25) is 0 Å². The molecular formula is C11H18N2O2S. The van der Waals surface area contributed by atoms with Crippen LogP contribution in [0.25, 0.3) is 0 Å². The predicted octanol–water partition coefficient (Wildman–Crippen LogP) is 3.18. The second-order valence-corrected chi connectivity index (χ2v) is 5.15. The Morgan fingerprint density at radius 2 is 2.31 bits per heavy atom. The Kier molecular flexibility index (Phi) is 5.42. The number of nitro groups is 1. The maximum absolute atomic E-state index is 10.5. The highest BCUT2D eigenvalue weighted by Gasteiger charge is 2.08. The molecule has 0 fully saturated rings. The minimum atomic E-state index is -0.340. The first-order valence-electron chi connectivity index (χ1n) is 5.52. The summed E-state index contributed by atoms with van der Waals surface area (Å²) in [6.45, 7) is 6.12. The molecule has 1 aromatic rings. The number of rotatable bonds is 7. The van der Waals surface area contributed by atoms with Crippen molar-refractivity contribution >= 4 is 16.3 Å². The highest BCUT2D eigenvalue weighted by molar-refractivity contribution is 7.13. The van der Waals surface area contributed by atoms with Crippen LogP contribution in [0.2, 0.25) is 0 Å². The summed E-state index contributed by atoms with van der Waals surface area (Å²) in [5, 5.41) is 15.8. The van der Waals surface area contributed by atoms with Crippen molar-refractivity contribution < 1.29 is 4.92 Å². The second kappa shape index (κ2) is 6.60. The average Bonchev–Trinajstić information content (AvgIpc) is 2.65. The molecule has 1 rings (SSSR count). The molecule has 1 aromatic heterocycles. The fourth-order valence-electron chi connectivity index (χ4n) is 1.42. The van der Waals surface area contributed by atoms with Crippen LogP contribution in [0, 0.1) is 16.0 Å². The number of hydrogen-bond donors (Lipinski definition) is 1. The van der Waals surface area contributed by atoms with Crippen LogP contribution in [0.1, 0.15) is 32.3 Å². The normalized spacial score (nSPS) is 10.9. The van der Waals surface area contributed by atoms with E-state index in [0.29, 0.717) is 0 Å². The highest BCUT2D eigenvalue weighted by atomic mass is 32.1. The lowest BCUT2D eigenvalue weighted by molar-refractivity contribution is -0.380. The molecule has 0 aliphatic carbocycles. The van der Waals surface area contributed by atoms with Gasteiger partial charge in [-0.1, -0.05) is 25.2 Å². The van der Waals surface area contributed by atoms with Gasteiger partial charge >= 0.3 is 5.00 Å². The molecule has 0 aromatic carbocycles. The average molecular weight is 242 g/mol. The number of nitrogens with one attached hydrogen (secondary N) is 1. The van der Waals surface area contributed by atoms with Crippen molar-refractivity contribution in [3.05, 3.63) is 27.1 Å². The molecule has 0 saturated heterocycles. The molecule has 0 aliphatic rings. The molecule has 5 heteroatoms. The van der Waals surface area contributed by atoms with Crippen LogP contribution < -0.4 is 5.32 Å². The largest absolute Gasteiger partial charge is 0.324 e. The second-order valence-electron chi connectivity index (χ2n) is 4.26. The molecule has 0 amide bonds. The molecule has 0 spiro atoms. The van der Waals surface area contributed by atoms with E-state index in [1.165, 1.54) is 17.8 Å². The summed E-state index contributed by atoms with van der Waals surface area (Å²) in [7, 11) is 0. The third kappa shape index (κ3) is 4.72. The lowest BCUT2D eigenvalue weighted by Gasteiger charge is -2.05. The molecule has 1 N–H and O–H groups in total. The van der Waals surface area contributed by atoms with Crippen molar-refractivity contribution in [2.75, 3.05) is 6.54 Å². The van der Waals surface area contributed by atoms with E-state index >= 15 is 0 Å². The van der Waals surface area contributed by atoms with Gasteiger partial charge in [-0.25, -0.2) is 0 Å². The zero-order chi connectivity index (χ0) is 12.0. The molecule has 0 bridgehead atoms. The van der Waals surface area contributed by atoms with Crippen LogP contribution >= 0.6 is 11.3 Å². The summed E-state index contributed by atoms with van der Waals surface area (Å²) in [6, 6.07) is 1.64. The minimum Gasteiger partial charge on any atom is -0.313 e. The molecule has 16 heavy (non-hydrogen) atoms. The molecule has 1 heterocycles. The molecule has 0 unspecified atom stereocenters. The van der Waals surface area contributed by atoms with Crippen LogP contribution in [-0.4, -0.2) is 11.5 Å². The van der Waals surface area contributed by atoms with Gasteiger partial charge in [-0.3, -0.25) is 10.1 Å². The quantitative estimate of drug-likeness (QED) is 0.454. The first-order chi connectivity index (χ1) is 7.59. The lowest BCUT2D eigenvalue weighted by Crippen LogP contribution is -2.14. The monoisotopic (exact) mass is 242 g/mol. The Morgan fingerprint density at radius 3 is 2.88 bits per heavy atom. The molecule has 4 nitrogen and oxygen atoms in total. The van der Waals surface area contributed by atoms with Crippen LogP contribution in [-0.2, 0) is 6.54 Å². The van der Waals surface area contributed by atoms with E-state index in [2.05, 4.69) is 19.2 Å². The van der Waals surface area contributed by atoms with E-state index < -0.39 is 0 Å². The third-order valence-electron chi connectivity index (χ3n) is 2.28. The fourth-order valence-corrected chi connectivity index (χ4v) is 2.15. The van der Waals surface area contributed by atoms with E-state index in [9.17, 15) is 10.1 Å². The summed E-state index contributed by atoms with van der Waals surface area (Å²) < 4.78 is 0. The standard InChI is InChI=1S/C11H18N2O2S/c1-9(2)4-3-5-12-7-10-6-11(13(14)15)16-8-10/h6,8-9,12H,3-5,7H2,1-2H3. The fraction of sp³-hybridized carbons (Fsp3) is 0.636. The van der Waals surface area contributed by atoms with Gasteiger partial charge in [0.25, 0.3) is 0 Å². The van der Waals surface area contributed by atoms with Crippen molar-refractivity contribution in [3.8, 4) is 0 Å². The summed E-state index contributed by atoms with van der Waals surface area (Å²) in [6.07, 6.45) is 2.38. The first-order valence-corrected chi connectivity index (χ1v) is 6.40. The Balaban J connectivity index is 2.19. The summed E-state index contributed by atoms with van der Waals surface area (Å²) in [5.41, 5.74) is 1.00. The summed E-state index contributed by atoms with van der Waals surface area (Å²) in [5.74, 6) is 0.740. The Bertz CT molecular complexity index is 336. The molecule has 0 aliphatic heterocycles. The van der Waals surface area contributed by atoms with Crippen LogP contribution in [0.4, 0.5) is 5.00 Å². The number of thiophene rings is 1. The van der Waals surface area contributed by atoms with Crippen molar-refractivity contribution in [2.45, 2.75) is 33.2 Å². The van der Waals surface area contributed by atoms with Crippen molar-refractivity contribution in [1.29, 1.82) is 0 Å². The van der Waals surface area contributed by atoms with Crippen molar-refractivity contribution in [3.63, 3.8) is 0 Å². The van der Waals surface area contributed by atoms with Crippen molar-refractivity contribution in [2.24, 2.45) is 5.92 Å². The van der Waals surface area contributed by atoms with Gasteiger partial charge in [0.15, 0.2) is 0 Å². The first kappa shape index (κ1) is 13.1. The van der Waals surface area contributed by atoms with Crippen molar-refractivity contribution in [1.82, 2.24) is 5.32 Å². The molecule has 0 saturated carbocycles. The molecular weight excluding hydrogens is 224 g/mol. The Morgan fingerprint density at radius 1 is 1.56 bits per heavy atom. The van der Waals surface area contributed by atoms with Crippen LogP contribution in [0.5, 0.6) is 0 Å². The van der Waals surface area contributed by atoms with Gasteiger partial charge in [-0.05, 0) is 30.9 Å². The van der Waals surface area contributed by atoms with Crippen LogP contribution in [0.3, 0.4) is 0 Å². The molecule has 0 radical (unpaired) electrons. The predicted molar refractivity (Wildman–Crippen MR) is 66.8 cm³/mol. The number of hydrogen-bond acceptors (Lipinski definition) is 4. The Labute approximate surface area is 99.8 Å². The van der Waals surface area contributed by atoms with E-state index in [4.69, 9.17) is 0 Å². The maximum Gasteiger partial charge on any atom is 0.324 e. The number of nitrogens with zero attached hydrogens (tertiary/aromatic N) is 1. The van der Waals surface area contributed by atoms with Gasteiger partial charge in [0.1, 0.15) is 0 Å². The van der Waals surface area contributed by atoms with E-state index in [0.717, 1.165) is 31.0 Å². The summed E-state index contributed by atoms with van der Waals surface area (Å²) in [4.78, 5) is 10.1. The molecule has 90 valence electrons. The van der Waals surface area contributed by atoms with Gasteiger partial charge in [0.05, 0.1) is 4.92 Å². The Hall–Kier alpha value is -0.940.